The van der Waals surface area contributed by atoms with Gasteiger partial charge in [0.2, 0.25) is 10.0 Å². The van der Waals surface area contributed by atoms with Crippen LogP contribution in [-0.2, 0) is 29.2 Å². The molecule has 0 saturated carbocycles. The quantitative estimate of drug-likeness (QED) is 0.846. The van der Waals surface area contributed by atoms with E-state index in [1.807, 2.05) is 42.9 Å². The Hall–Kier alpha value is -2.10. The highest BCUT2D eigenvalue weighted by Gasteiger charge is 2.16. The molecule has 5 nitrogen and oxygen atoms in total. The molecule has 1 aromatic carbocycles. The minimum Gasteiger partial charge on any atom is -0.354 e. The Balaban J connectivity index is 1.92. The van der Waals surface area contributed by atoms with Gasteiger partial charge in [0, 0.05) is 25.0 Å². The number of hydrogen-bond donors (Lipinski definition) is 1. The van der Waals surface area contributed by atoms with Gasteiger partial charge in [-0.1, -0.05) is 12.1 Å². The van der Waals surface area contributed by atoms with Crippen molar-refractivity contribution in [3.63, 3.8) is 0 Å². The lowest BCUT2D eigenvalue weighted by molar-refractivity contribution is 0.542. The summed E-state index contributed by atoms with van der Waals surface area (Å²) in [7, 11) is -1.45. The van der Waals surface area contributed by atoms with Crippen molar-refractivity contribution in [2.75, 3.05) is 0 Å². The summed E-state index contributed by atoms with van der Waals surface area (Å²) in [5, 5.41) is 8.87. The number of hydrogen-bond acceptors (Lipinski definition) is 3. The van der Waals surface area contributed by atoms with Crippen molar-refractivity contribution in [3.05, 3.63) is 59.4 Å². The topological polar surface area (TPSA) is 74.9 Å². The second-order valence-electron chi connectivity index (χ2n) is 5.74. The molecule has 0 aliphatic carbocycles. The molecule has 2 rings (SSSR count). The first kappa shape index (κ1) is 17.3. The van der Waals surface area contributed by atoms with Crippen LogP contribution in [-0.4, -0.2) is 19.0 Å². The van der Waals surface area contributed by atoms with Crippen LogP contribution < -0.4 is 4.72 Å². The third-order valence-electron chi connectivity index (χ3n) is 3.68. The van der Waals surface area contributed by atoms with E-state index in [2.05, 4.69) is 4.72 Å². The first-order valence-electron chi connectivity index (χ1n) is 7.49. The predicted octanol–water partition coefficient (Wildman–Crippen LogP) is 2.34. The van der Waals surface area contributed by atoms with Crippen molar-refractivity contribution >= 4 is 10.0 Å². The fourth-order valence-electron chi connectivity index (χ4n) is 2.48. The molecular weight excluding hydrogens is 310 g/mol. The zero-order valence-electron chi connectivity index (χ0n) is 13.4. The van der Waals surface area contributed by atoms with E-state index < -0.39 is 10.0 Å². The molecule has 1 atom stereocenters. The smallest absolute Gasteiger partial charge is 0.216 e. The van der Waals surface area contributed by atoms with Gasteiger partial charge in [-0.15, -0.1) is 0 Å². The maximum Gasteiger partial charge on any atom is 0.216 e. The Bertz CT molecular complexity index is 803. The summed E-state index contributed by atoms with van der Waals surface area (Å²) in [6.45, 7) is 1.87. The standard InChI is InChI=1S/C17H21N3O2S/c1-14(8-9-17-7-4-10-20(17)2)19-23(21,22)13-16-6-3-5-15(11-16)12-18/h3-7,10-11,14,19H,8-9,13H2,1-2H3/t14-/m1/s1. The van der Waals surface area contributed by atoms with Gasteiger partial charge < -0.3 is 4.57 Å². The van der Waals surface area contributed by atoms with Crippen LogP contribution >= 0.6 is 0 Å². The maximum absolute atomic E-state index is 12.2. The monoisotopic (exact) mass is 331 g/mol. The molecular formula is C17H21N3O2S. The van der Waals surface area contributed by atoms with Crippen LogP contribution in [0, 0.1) is 11.3 Å². The van der Waals surface area contributed by atoms with Gasteiger partial charge in [-0.05, 0) is 49.6 Å². The minimum atomic E-state index is -3.43. The SMILES string of the molecule is C[C@H](CCc1cccn1C)NS(=O)(=O)Cc1cccc(C#N)c1. The minimum absolute atomic E-state index is 0.114. The number of nitriles is 1. The Morgan fingerprint density at radius 2 is 2.09 bits per heavy atom. The number of aryl methyl sites for hydroxylation is 2. The molecule has 0 amide bonds. The molecule has 0 aliphatic heterocycles. The molecule has 0 aliphatic rings. The zero-order chi connectivity index (χ0) is 16.9. The highest BCUT2D eigenvalue weighted by Crippen LogP contribution is 2.10. The second kappa shape index (κ2) is 7.44. The molecule has 0 unspecified atom stereocenters. The van der Waals surface area contributed by atoms with Crippen molar-refractivity contribution < 1.29 is 8.42 Å². The van der Waals surface area contributed by atoms with E-state index in [0.29, 0.717) is 11.1 Å². The summed E-state index contributed by atoms with van der Waals surface area (Å²) in [5.74, 6) is -0.114. The summed E-state index contributed by atoms with van der Waals surface area (Å²) < 4.78 is 29.2. The number of rotatable bonds is 7. The Morgan fingerprint density at radius 1 is 1.30 bits per heavy atom. The van der Waals surface area contributed by atoms with E-state index in [1.165, 1.54) is 5.69 Å². The number of sulfonamides is 1. The molecule has 2 aromatic rings. The number of aromatic nitrogens is 1. The first-order chi connectivity index (χ1) is 10.9. The van der Waals surface area contributed by atoms with Gasteiger partial charge in [0.1, 0.15) is 0 Å². The number of nitrogens with zero attached hydrogens (tertiary/aromatic N) is 2. The van der Waals surface area contributed by atoms with Crippen molar-refractivity contribution in [1.82, 2.24) is 9.29 Å². The van der Waals surface area contributed by atoms with Gasteiger partial charge in [-0.3, -0.25) is 0 Å². The third kappa shape index (κ3) is 5.23. The van der Waals surface area contributed by atoms with Crippen molar-refractivity contribution in [2.24, 2.45) is 7.05 Å². The number of benzene rings is 1. The summed E-state index contributed by atoms with van der Waals surface area (Å²) in [4.78, 5) is 0. The van der Waals surface area contributed by atoms with Gasteiger partial charge in [0.05, 0.1) is 17.4 Å². The lowest BCUT2D eigenvalue weighted by Gasteiger charge is -2.14. The van der Waals surface area contributed by atoms with Gasteiger partial charge in [0.25, 0.3) is 0 Å². The van der Waals surface area contributed by atoms with E-state index in [-0.39, 0.29) is 11.8 Å². The lowest BCUT2D eigenvalue weighted by atomic mass is 10.1. The van der Waals surface area contributed by atoms with Crippen molar-refractivity contribution in [3.8, 4) is 6.07 Å². The van der Waals surface area contributed by atoms with E-state index in [0.717, 1.165) is 12.8 Å². The Kier molecular flexibility index (Phi) is 5.59. The van der Waals surface area contributed by atoms with Crippen LogP contribution in [0.25, 0.3) is 0 Å². The molecule has 1 heterocycles. The average molecular weight is 331 g/mol. The van der Waals surface area contributed by atoms with E-state index in [4.69, 9.17) is 5.26 Å². The zero-order valence-corrected chi connectivity index (χ0v) is 14.2. The molecule has 23 heavy (non-hydrogen) atoms. The Labute approximate surface area is 137 Å². The van der Waals surface area contributed by atoms with Crippen LogP contribution in [0.3, 0.4) is 0 Å². The molecule has 0 radical (unpaired) electrons. The van der Waals surface area contributed by atoms with Crippen LogP contribution in [0.4, 0.5) is 0 Å². The van der Waals surface area contributed by atoms with E-state index >= 15 is 0 Å². The fourth-order valence-corrected chi connectivity index (χ4v) is 3.91. The normalized spacial score (nSPS) is 12.7. The molecule has 0 fully saturated rings. The lowest BCUT2D eigenvalue weighted by Crippen LogP contribution is -2.34. The number of nitrogens with one attached hydrogen (secondary N) is 1. The molecule has 6 heteroatoms. The molecule has 0 saturated heterocycles. The molecule has 0 spiro atoms. The molecule has 1 aromatic heterocycles. The van der Waals surface area contributed by atoms with Crippen LogP contribution in [0.2, 0.25) is 0 Å². The average Bonchev–Trinajstić information content (AvgIpc) is 2.89. The molecule has 122 valence electrons. The van der Waals surface area contributed by atoms with Gasteiger partial charge in [-0.25, -0.2) is 13.1 Å². The largest absolute Gasteiger partial charge is 0.354 e. The summed E-state index contributed by atoms with van der Waals surface area (Å²) in [6, 6.07) is 12.6. The third-order valence-corrected chi connectivity index (χ3v) is 5.15. The van der Waals surface area contributed by atoms with Crippen LogP contribution in [0.15, 0.2) is 42.6 Å². The van der Waals surface area contributed by atoms with Crippen LogP contribution in [0.1, 0.15) is 30.2 Å². The van der Waals surface area contributed by atoms with Gasteiger partial charge in [0.15, 0.2) is 0 Å². The second-order valence-corrected chi connectivity index (χ2v) is 7.49. The van der Waals surface area contributed by atoms with Crippen LogP contribution in [0.5, 0.6) is 0 Å². The van der Waals surface area contributed by atoms with Crippen molar-refractivity contribution in [1.29, 1.82) is 5.26 Å². The van der Waals surface area contributed by atoms with Crippen molar-refractivity contribution in [2.45, 2.75) is 31.6 Å². The highest BCUT2D eigenvalue weighted by atomic mass is 32.2. The highest BCUT2D eigenvalue weighted by molar-refractivity contribution is 7.88. The summed E-state index contributed by atoms with van der Waals surface area (Å²) in [5.41, 5.74) is 2.26. The summed E-state index contributed by atoms with van der Waals surface area (Å²) >= 11 is 0. The van der Waals surface area contributed by atoms with Gasteiger partial charge >= 0.3 is 0 Å². The Morgan fingerprint density at radius 3 is 2.74 bits per heavy atom. The van der Waals surface area contributed by atoms with E-state index in [9.17, 15) is 8.42 Å². The molecule has 1 N–H and O–H groups in total. The molecule has 0 bridgehead atoms. The van der Waals surface area contributed by atoms with E-state index in [1.54, 1.807) is 24.3 Å². The first-order valence-corrected chi connectivity index (χ1v) is 9.14. The fraction of sp³-hybridized carbons (Fsp3) is 0.353. The summed E-state index contributed by atoms with van der Waals surface area (Å²) in [6.07, 6.45) is 3.53. The predicted molar refractivity (Wildman–Crippen MR) is 90.1 cm³/mol. The maximum atomic E-state index is 12.2. The van der Waals surface area contributed by atoms with Gasteiger partial charge in [-0.2, -0.15) is 5.26 Å².